The van der Waals surface area contributed by atoms with Gasteiger partial charge < -0.3 is 19.9 Å². The highest BCUT2D eigenvalue weighted by Gasteiger charge is 2.12. The quantitative estimate of drug-likeness (QED) is 0.446. The molecule has 0 aliphatic carbocycles. The number of carbonyl (C=O) groups is 2. The van der Waals surface area contributed by atoms with E-state index in [4.69, 9.17) is 14.6 Å². The molecular weight excluding hydrogens is 250 g/mol. The van der Waals surface area contributed by atoms with Crippen molar-refractivity contribution in [3.8, 4) is 5.75 Å². The van der Waals surface area contributed by atoms with E-state index in [-0.39, 0.29) is 24.0 Å². The molecule has 0 atom stereocenters. The van der Waals surface area contributed by atoms with Crippen LogP contribution in [-0.4, -0.2) is 30.4 Å². The van der Waals surface area contributed by atoms with Gasteiger partial charge in [-0.1, -0.05) is 6.08 Å². The highest BCUT2D eigenvalue weighted by atomic mass is 16.7. The average molecular weight is 265 g/mol. The molecule has 0 spiro atoms. The number of ether oxygens (including phenoxy) is 2. The number of carboxylic acids is 1. The van der Waals surface area contributed by atoms with E-state index in [9.17, 15) is 9.59 Å². The predicted octanol–water partition coefficient (Wildman–Crippen LogP) is 1.88. The molecule has 0 unspecified atom stereocenters. The third-order valence-electron chi connectivity index (χ3n) is 2.06. The maximum Gasteiger partial charge on any atom is 0.339 e. The third kappa shape index (κ3) is 4.81. The fraction of sp³-hybridized carbons (Fsp3) is 0.231. The SMILES string of the molecule is C=CCOCOc1ccc(NC(C)=O)cc1C(=O)O. The first kappa shape index (κ1) is 14.7. The monoisotopic (exact) mass is 265 g/mol. The zero-order valence-electron chi connectivity index (χ0n) is 10.5. The number of carbonyl (C=O) groups excluding carboxylic acids is 1. The number of anilines is 1. The van der Waals surface area contributed by atoms with Gasteiger partial charge in [-0.2, -0.15) is 0 Å². The van der Waals surface area contributed by atoms with E-state index in [1.165, 1.54) is 19.1 Å². The summed E-state index contributed by atoms with van der Waals surface area (Å²) in [5.41, 5.74) is 0.345. The van der Waals surface area contributed by atoms with Gasteiger partial charge >= 0.3 is 5.97 Å². The highest BCUT2D eigenvalue weighted by Crippen LogP contribution is 2.23. The first-order valence-corrected chi connectivity index (χ1v) is 5.51. The molecule has 0 aliphatic heterocycles. The van der Waals surface area contributed by atoms with Crippen LogP contribution in [0.1, 0.15) is 17.3 Å². The third-order valence-corrected chi connectivity index (χ3v) is 2.06. The Bertz CT molecular complexity index is 484. The van der Waals surface area contributed by atoms with Gasteiger partial charge in [0.15, 0.2) is 6.79 Å². The lowest BCUT2D eigenvalue weighted by Crippen LogP contribution is -2.10. The Kier molecular flexibility index (Phi) is 5.56. The summed E-state index contributed by atoms with van der Waals surface area (Å²) in [4.78, 5) is 22.0. The van der Waals surface area contributed by atoms with Crippen LogP contribution in [0.25, 0.3) is 0 Å². The van der Waals surface area contributed by atoms with Gasteiger partial charge in [-0.05, 0) is 18.2 Å². The van der Waals surface area contributed by atoms with E-state index in [0.717, 1.165) is 0 Å². The number of amides is 1. The minimum absolute atomic E-state index is 0.0477. The number of benzene rings is 1. The van der Waals surface area contributed by atoms with Crippen molar-refractivity contribution in [2.45, 2.75) is 6.92 Å². The number of hydrogen-bond acceptors (Lipinski definition) is 4. The van der Waals surface area contributed by atoms with Gasteiger partial charge in [-0.25, -0.2) is 4.79 Å². The Labute approximate surface area is 110 Å². The van der Waals surface area contributed by atoms with Gasteiger partial charge in [0.2, 0.25) is 5.91 Å². The zero-order chi connectivity index (χ0) is 14.3. The van der Waals surface area contributed by atoms with E-state index >= 15 is 0 Å². The maximum atomic E-state index is 11.1. The van der Waals surface area contributed by atoms with E-state index in [1.54, 1.807) is 12.1 Å². The van der Waals surface area contributed by atoms with Crippen molar-refractivity contribution in [2.24, 2.45) is 0 Å². The summed E-state index contributed by atoms with van der Waals surface area (Å²) in [6.45, 7) is 5.05. The van der Waals surface area contributed by atoms with Crippen LogP contribution in [0.2, 0.25) is 0 Å². The van der Waals surface area contributed by atoms with Crippen molar-refractivity contribution in [1.29, 1.82) is 0 Å². The van der Waals surface area contributed by atoms with Gasteiger partial charge in [0.25, 0.3) is 0 Å². The summed E-state index contributed by atoms with van der Waals surface area (Å²) in [6, 6.07) is 4.34. The Hall–Kier alpha value is -2.34. The van der Waals surface area contributed by atoms with E-state index in [2.05, 4.69) is 11.9 Å². The van der Waals surface area contributed by atoms with E-state index in [1.807, 2.05) is 0 Å². The molecular formula is C13H15NO5. The Morgan fingerprint density at radius 2 is 2.21 bits per heavy atom. The van der Waals surface area contributed by atoms with E-state index < -0.39 is 5.97 Å². The van der Waals surface area contributed by atoms with Crippen molar-refractivity contribution in [3.63, 3.8) is 0 Å². The normalized spacial score (nSPS) is 9.74. The lowest BCUT2D eigenvalue weighted by Gasteiger charge is -2.10. The lowest BCUT2D eigenvalue weighted by molar-refractivity contribution is -0.114. The number of carboxylic acid groups (broad SMARTS) is 1. The summed E-state index contributed by atoms with van der Waals surface area (Å²) in [7, 11) is 0. The standard InChI is InChI=1S/C13H15NO5/c1-3-6-18-8-19-12-5-4-10(14-9(2)15)7-11(12)13(16)17/h3-5,7H,1,6,8H2,2H3,(H,14,15)(H,16,17). The predicted molar refractivity (Wildman–Crippen MR) is 69.3 cm³/mol. The lowest BCUT2D eigenvalue weighted by atomic mass is 10.2. The van der Waals surface area contributed by atoms with Gasteiger partial charge in [0.05, 0.1) is 6.61 Å². The molecule has 1 amide bonds. The molecule has 0 saturated carbocycles. The van der Waals surface area contributed by atoms with Gasteiger partial charge in [0.1, 0.15) is 11.3 Å². The Balaban J connectivity index is 2.82. The summed E-state index contributed by atoms with van der Waals surface area (Å²) in [5.74, 6) is -1.25. The largest absolute Gasteiger partial charge is 0.478 e. The number of hydrogen-bond donors (Lipinski definition) is 2. The summed E-state index contributed by atoms with van der Waals surface area (Å²) in [5, 5.41) is 11.6. The van der Waals surface area contributed by atoms with Crippen LogP contribution in [0.15, 0.2) is 30.9 Å². The molecule has 6 nitrogen and oxygen atoms in total. The second-order valence-electron chi connectivity index (χ2n) is 3.62. The highest BCUT2D eigenvalue weighted by molar-refractivity contribution is 5.95. The van der Waals surface area contributed by atoms with Crippen LogP contribution < -0.4 is 10.1 Å². The molecule has 0 aromatic heterocycles. The second-order valence-corrected chi connectivity index (χ2v) is 3.62. The van der Waals surface area contributed by atoms with Crippen LogP contribution >= 0.6 is 0 Å². The van der Waals surface area contributed by atoms with Crippen molar-refractivity contribution in [3.05, 3.63) is 36.4 Å². The zero-order valence-corrected chi connectivity index (χ0v) is 10.5. The topological polar surface area (TPSA) is 84.9 Å². The molecule has 0 aliphatic rings. The molecule has 6 heteroatoms. The van der Waals surface area contributed by atoms with Crippen molar-refractivity contribution >= 4 is 17.6 Å². The van der Waals surface area contributed by atoms with Gasteiger partial charge in [-0.15, -0.1) is 6.58 Å². The van der Waals surface area contributed by atoms with Crippen LogP contribution in [-0.2, 0) is 9.53 Å². The average Bonchev–Trinajstić information content (AvgIpc) is 2.35. The molecule has 0 saturated heterocycles. The van der Waals surface area contributed by atoms with Crippen LogP contribution in [0, 0.1) is 0 Å². The molecule has 1 aromatic carbocycles. The molecule has 2 N–H and O–H groups in total. The molecule has 0 radical (unpaired) electrons. The minimum atomic E-state index is -1.15. The molecule has 0 heterocycles. The van der Waals surface area contributed by atoms with Crippen LogP contribution in [0.5, 0.6) is 5.75 Å². The maximum absolute atomic E-state index is 11.1. The fourth-order valence-corrected chi connectivity index (χ4v) is 1.34. The number of nitrogens with one attached hydrogen (secondary N) is 1. The molecule has 1 aromatic rings. The Morgan fingerprint density at radius 1 is 1.47 bits per heavy atom. The van der Waals surface area contributed by atoms with Crippen molar-refractivity contribution < 1.29 is 24.2 Å². The van der Waals surface area contributed by atoms with Crippen molar-refractivity contribution in [1.82, 2.24) is 0 Å². The fourth-order valence-electron chi connectivity index (χ4n) is 1.34. The van der Waals surface area contributed by atoms with Gasteiger partial charge in [0, 0.05) is 12.6 Å². The summed E-state index contributed by atoms with van der Waals surface area (Å²) < 4.78 is 10.2. The molecule has 102 valence electrons. The number of aromatic carboxylic acids is 1. The summed E-state index contributed by atoms with van der Waals surface area (Å²) in [6.07, 6.45) is 1.56. The minimum Gasteiger partial charge on any atom is -0.478 e. The second kappa shape index (κ2) is 7.17. The van der Waals surface area contributed by atoms with Crippen LogP contribution in [0.4, 0.5) is 5.69 Å². The first-order valence-electron chi connectivity index (χ1n) is 5.51. The molecule has 0 bridgehead atoms. The molecule has 19 heavy (non-hydrogen) atoms. The van der Waals surface area contributed by atoms with Gasteiger partial charge in [-0.3, -0.25) is 4.79 Å². The smallest absolute Gasteiger partial charge is 0.339 e. The van der Waals surface area contributed by atoms with Crippen LogP contribution in [0.3, 0.4) is 0 Å². The van der Waals surface area contributed by atoms with E-state index in [0.29, 0.717) is 12.3 Å². The first-order chi connectivity index (χ1) is 9.04. The molecule has 1 rings (SSSR count). The summed E-state index contributed by atoms with van der Waals surface area (Å²) >= 11 is 0. The van der Waals surface area contributed by atoms with Crippen molar-refractivity contribution in [2.75, 3.05) is 18.7 Å². The molecule has 0 fully saturated rings. The number of rotatable bonds is 7. The Morgan fingerprint density at radius 3 is 2.79 bits per heavy atom.